The predicted octanol–water partition coefficient (Wildman–Crippen LogP) is 8.11. The zero-order chi connectivity index (χ0) is 31.7. The third kappa shape index (κ3) is 5.86. The van der Waals surface area contributed by atoms with Gasteiger partial charge in [0.15, 0.2) is 0 Å². The molecule has 0 saturated heterocycles. The molecule has 0 fully saturated rings. The van der Waals surface area contributed by atoms with Crippen molar-refractivity contribution in [1.82, 2.24) is 9.97 Å². The Kier molecular flexibility index (Phi) is 8.77. The van der Waals surface area contributed by atoms with Crippen molar-refractivity contribution in [2.45, 2.75) is 13.8 Å². The summed E-state index contributed by atoms with van der Waals surface area (Å²) in [6, 6.07) is 49.5. The molecular formula is C42H29BIrN2O2-2. The average Bonchev–Trinajstić information content (AvgIpc) is 3.13. The monoisotopic (exact) mass is 797 g/mol. The van der Waals surface area contributed by atoms with Gasteiger partial charge in [-0.05, 0) is 70.5 Å². The number of hydrogen-bond acceptors (Lipinski definition) is 4. The quantitative estimate of drug-likeness (QED) is 0.134. The van der Waals surface area contributed by atoms with E-state index in [9.17, 15) is 0 Å². The first-order valence-electron chi connectivity index (χ1n) is 15.7. The van der Waals surface area contributed by atoms with Gasteiger partial charge in [0, 0.05) is 44.0 Å². The van der Waals surface area contributed by atoms with E-state index in [0.717, 1.165) is 78.6 Å². The van der Waals surface area contributed by atoms with E-state index in [1.54, 1.807) is 0 Å². The second-order valence-electron chi connectivity index (χ2n) is 11.7. The largest absolute Gasteiger partial charge is 0.503 e. The Labute approximate surface area is 294 Å². The molecule has 1 radical (unpaired) electrons. The Hall–Kier alpha value is -5.29. The van der Waals surface area contributed by atoms with Crippen LogP contribution in [-0.4, -0.2) is 16.7 Å². The fraction of sp³-hybridized carbons (Fsp3) is 0.0476. The molecule has 0 amide bonds. The molecule has 4 heterocycles. The SMILES string of the molecule is Cc1ccc(-c2[c-]cccc2)nc1.Cc1cnc(-c2[c-]cc3c4c2Oc2ccccc2B4c2ccccc2O3)cc1-c1ccccc1.[Ir]. The summed E-state index contributed by atoms with van der Waals surface area (Å²) in [5, 5.41) is 0. The van der Waals surface area contributed by atoms with Gasteiger partial charge in [-0.3, -0.25) is 0 Å². The van der Waals surface area contributed by atoms with E-state index in [2.05, 4.69) is 84.7 Å². The summed E-state index contributed by atoms with van der Waals surface area (Å²) >= 11 is 0. The fourth-order valence-electron chi connectivity index (χ4n) is 6.28. The number of fused-ring (bicyclic) bond motifs is 4. The first kappa shape index (κ1) is 31.3. The summed E-state index contributed by atoms with van der Waals surface area (Å²) in [5.41, 5.74) is 11.6. The number of aromatic nitrogens is 2. The van der Waals surface area contributed by atoms with Crippen LogP contribution in [0.5, 0.6) is 23.0 Å². The van der Waals surface area contributed by atoms with Crippen molar-refractivity contribution in [3.8, 4) is 56.6 Å². The second-order valence-corrected chi connectivity index (χ2v) is 11.7. The second kappa shape index (κ2) is 13.4. The van der Waals surface area contributed by atoms with E-state index in [1.165, 1.54) is 5.56 Å². The molecule has 6 heteroatoms. The molecule has 5 aromatic carbocycles. The Morgan fingerprint density at radius 2 is 1.31 bits per heavy atom. The molecule has 9 rings (SSSR count). The molecular weight excluding hydrogens is 768 g/mol. The van der Waals surface area contributed by atoms with Gasteiger partial charge in [0.1, 0.15) is 11.5 Å². The average molecular weight is 797 g/mol. The molecule has 233 valence electrons. The van der Waals surface area contributed by atoms with Crippen LogP contribution >= 0.6 is 0 Å². The molecule has 48 heavy (non-hydrogen) atoms. The molecule has 2 aliphatic heterocycles. The number of rotatable bonds is 3. The van der Waals surface area contributed by atoms with E-state index < -0.39 is 0 Å². The van der Waals surface area contributed by atoms with Gasteiger partial charge in [-0.1, -0.05) is 96.0 Å². The van der Waals surface area contributed by atoms with Crippen LogP contribution in [0, 0.1) is 26.0 Å². The third-order valence-corrected chi connectivity index (χ3v) is 8.61. The van der Waals surface area contributed by atoms with Gasteiger partial charge in [0.25, 0.3) is 0 Å². The number of para-hydroxylation sites is 2. The van der Waals surface area contributed by atoms with Crippen molar-refractivity contribution < 1.29 is 29.6 Å². The van der Waals surface area contributed by atoms with E-state index in [4.69, 9.17) is 14.5 Å². The molecule has 2 aromatic heterocycles. The molecule has 0 atom stereocenters. The van der Waals surface area contributed by atoms with Crippen molar-refractivity contribution in [1.29, 1.82) is 0 Å². The number of nitrogens with zero attached hydrogens (tertiary/aromatic N) is 2. The number of pyridine rings is 2. The summed E-state index contributed by atoms with van der Waals surface area (Å²) in [7, 11) is 0. The molecule has 0 N–H and O–H groups in total. The first-order chi connectivity index (χ1) is 23.1. The number of benzene rings is 5. The van der Waals surface area contributed by atoms with Gasteiger partial charge in [-0.25, -0.2) is 0 Å². The van der Waals surface area contributed by atoms with Crippen LogP contribution in [0.3, 0.4) is 0 Å². The minimum Gasteiger partial charge on any atom is -0.503 e. The first-order valence-corrected chi connectivity index (χ1v) is 15.7. The maximum Gasteiger partial charge on any atom is 0.239 e. The van der Waals surface area contributed by atoms with Crippen LogP contribution in [0.2, 0.25) is 0 Å². The molecule has 4 nitrogen and oxygen atoms in total. The van der Waals surface area contributed by atoms with Crippen LogP contribution < -0.4 is 25.9 Å². The number of hydrogen-bond donors (Lipinski definition) is 0. The van der Waals surface area contributed by atoms with Crippen LogP contribution in [0.4, 0.5) is 0 Å². The Morgan fingerprint density at radius 3 is 2.02 bits per heavy atom. The number of ether oxygens (including phenoxy) is 2. The molecule has 0 bridgehead atoms. The van der Waals surface area contributed by atoms with Crippen LogP contribution in [0.15, 0.2) is 140 Å². The van der Waals surface area contributed by atoms with Gasteiger partial charge in [-0.2, -0.15) is 0 Å². The smallest absolute Gasteiger partial charge is 0.239 e. The molecule has 0 saturated carbocycles. The summed E-state index contributed by atoms with van der Waals surface area (Å²) in [6.45, 7) is 4.16. The maximum absolute atomic E-state index is 6.55. The summed E-state index contributed by atoms with van der Waals surface area (Å²) in [6.07, 6.45) is 3.80. The Balaban J connectivity index is 0.000000220. The van der Waals surface area contributed by atoms with Crippen LogP contribution in [0.25, 0.3) is 33.6 Å². The van der Waals surface area contributed by atoms with E-state index in [-0.39, 0.29) is 26.8 Å². The standard InChI is InChI=1S/C30H19BNO2.C12H10N.Ir/c1-19-18-32-25(17-22(19)20-9-3-2-4-10-20)21-15-16-28-29-30(21)34-27-14-8-6-12-24(27)31(29)23-11-5-7-13-26(23)33-28;1-10-7-8-12(13-9-10)11-5-3-2-4-6-11;/h2-14,16-18H,1H3;2-5,7-9H,1H3;/q2*-1;. The Morgan fingerprint density at radius 1 is 0.625 bits per heavy atom. The summed E-state index contributed by atoms with van der Waals surface area (Å²) < 4.78 is 12.9. The number of aryl methyl sites for hydroxylation is 2. The van der Waals surface area contributed by atoms with E-state index in [1.807, 2.05) is 86.0 Å². The van der Waals surface area contributed by atoms with Crippen molar-refractivity contribution in [3.63, 3.8) is 0 Å². The minimum atomic E-state index is 0. The zero-order valence-corrected chi connectivity index (χ0v) is 28.8. The molecule has 2 aliphatic rings. The summed E-state index contributed by atoms with van der Waals surface area (Å²) in [4.78, 5) is 9.11. The normalized spacial score (nSPS) is 11.7. The van der Waals surface area contributed by atoms with Crippen LogP contribution in [0.1, 0.15) is 11.1 Å². The zero-order valence-electron chi connectivity index (χ0n) is 26.4. The predicted molar refractivity (Wildman–Crippen MR) is 190 cm³/mol. The third-order valence-electron chi connectivity index (χ3n) is 8.61. The molecule has 0 aliphatic carbocycles. The maximum atomic E-state index is 6.55. The van der Waals surface area contributed by atoms with Gasteiger partial charge in [-0.15, -0.1) is 48.0 Å². The topological polar surface area (TPSA) is 44.2 Å². The molecule has 7 aromatic rings. The fourth-order valence-corrected chi connectivity index (χ4v) is 6.28. The van der Waals surface area contributed by atoms with Gasteiger partial charge in [0.2, 0.25) is 6.71 Å². The summed E-state index contributed by atoms with van der Waals surface area (Å²) in [5.74, 6) is 3.29. The van der Waals surface area contributed by atoms with Crippen molar-refractivity contribution in [2.75, 3.05) is 0 Å². The Bertz CT molecular complexity index is 2210. The van der Waals surface area contributed by atoms with Crippen LogP contribution in [-0.2, 0) is 20.1 Å². The van der Waals surface area contributed by atoms with E-state index in [0.29, 0.717) is 0 Å². The van der Waals surface area contributed by atoms with Crippen molar-refractivity contribution in [2.24, 2.45) is 0 Å². The van der Waals surface area contributed by atoms with Crippen molar-refractivity contribution in [3.05, 3.63) is 163 Å². The molecule has 0 unspecified atom stereocenters. The molecule has 0 spiro atoms. The van der Waals surface area contributed by atoms with Gasteiger partial charge >= 0.3 is 0 Å². The van der Waals surface area contributed by atoms with Gasteiger partial charge < -0.3 is 19.4 Å². The van der Waals surface area contributed by atoms with Gasteiger partial charge in [0.05, 0.1) is 0 Å². The van der Waals surface area contributed by atoms with E-state index >= 15 is 0 Å². The minimum absolute atomic E-state index is 0. The van der Waals surface area contributed by atoms with Crippen molar-refractivity contribution >= 4 is 23.1 Å².